The van der Waals surface area contributed by atoms with Crippen molar-refractivity contribution in [2.45, 2.75) is 32.6 Å². The molecule has 0 radical (unpaired) electrons. The number of methoxy groups -OCH3 is 1. The first kappa shape index (κ1) is 30.4. The fraction of sp³-hybridized carbons (Fsp3) is 0.464. The fourth-order valence-corrected chi connectivity index (χ4v) is 3.96. The third kappa shape index (κ3) is 12.0. The molecular weight excluding hydrogens is 488 g/mol. The zero-order chi connectivity index (χ0) is 27.6. The molecule has 3 rings (SSSR count). The van der Waals surface area contributed by atoms with Crippen LogP contribution >= 0.6 is 0 Å². The van der Waals surface area contributed by atoms with Gasteiger partial charge in [-0.05, 0) is 62.7 Å². The van der Waals surface area contributed by atoms with Crippen molar-refractivity contribution in [2.75, 3.05) is 63.2 Å². The van der Waals surface area contributed by atoms with Crippen LogP contribution in [-0.2, 0) is 9.59 Å². The first-order valence-electron chi connectivity index (χ1n) is 13.0. The third-order valence-electron chi connectivity index (χ3n) is 5.89. The minimum absolute atomic E-state index is 0.558. The van der Waals surface area contributed by atoms with Crippen LogP contribution in [0.1, 0.15) is 32.6 Å². The van der Waals surface area contributed by atoms with Crippen LogP contribution in [0.25, 0.3) is 0 Å². The summed E-state index contributed by atoms with van der Waals surface area (Å²) in [6.07, 6.45) is 7.85. The molecule has 0 saturated carbocycles. The number of aliphatic carboxylic acids is 2. The highest BCUT2D eigenvalue weighted by Gasteiger charge is 2.19. The Labute approximate surface area is 224 Å². The van der Waals surface area contributed by atoms with E-state index in [1.807, 2.05) is 36.5 Å². The lowest BCUT2D eigenvalue weighted by atomic mass is 10.2. The second-order valence-corrected chi connectivity index (χ2v) is 8.68. The first-order chi connectivity index (χ1) is 18.4. The molecule has 0 aliphatic carbocycles. The summed E-state index contributed by atoms with van der Waals surface area (Å²) in [6.45, 7) is 9.34. The summed E-state index contributed by atoms with van der Waals surface area (Å²) in [4.78, 5) is 28.7. The summed E-state index contributed by atoms with van der Waals surface area (Å²) < 4.78 is 11.0. The number of unbranched alkanes of at least 4 members (excludes halogenated alkanes) is 3. The summed E-state index contributed by atoms with van der Waals surface area (Å²) in [5.41, 5.74) is 1.14. The molecule has 38 heavy (non-hydrogen) atoms. The van der Waals surface area contributed by atoms with Crippen LogP contribution in [-0.4, -0.2) is 85.0 Å². The highest BCUT2D eigenvalue weighted by molar-refractivity contribution is 5.89. The Balaban J connectivity index is 0.000000550. The molecule has 1 saturated heterocycles. The summed E-state index contributed by atoms with van der Waals surface area (Å²) >= 11 is 0. The molecule has 0 atom stereocenters. The van der Waals surface area contributed by atoms with E-state index >= 15 is 0 Å². The number of carbonyl (C=O) groups is 2. The van der Waals surface area contributed by atoms with Crippen molar-refractivity contribution in [3.63, 3.8) is 0 Å². The second kappa shape index (κ2) is 17.6. The van der Waals surface area contributed by atoms with E-state index < -0.39 is 11.9 Å². The molecule has 10 heteroatoms. The predicted molar refractivity (Wildman–Crippen MR) is 148 cm³/mol. The normalized spacial score (nSPS) is 13.5. The number of carboxylic acid groups (broad SMARTS) is 2. The number of carboxylic acids is 2. The lowest BCUT2D eigenvalue weighted by Gasteiger charge is -2.36. The number of hydrogen-bond acceptors (Lipinski definition) is 8. The molecule has 208 valence electrons. The van der Waals surface area contributed by atoms with E-state index in [2.05, 4.69) is 33.1 Å². The van der Waals surface area contributed by atoms with Crippen LogP contribution in [0, 0.1) is 0 Å². The molecule has 0 bridgehead atoms. The second-order valence-electron chi connectivity index (χ2n) is 8.68. The lowest BCUT2D eigenvalue weighted by Crippen LogP contribution is -2.47. The van der Waals surface area contributed by atoms with Gasteiger partial charge in [0.25, 0.3) is 0 Å². The molecule has 3 N–H and O–H groups in total. The number of nitrogens with one attached hydrogen (secondary N) is 1. The monoisotopic (exact) mass is 528 g/mol. The quantitative estimate of drug-likeness (QED) is 0.245. The van der Waals surface area contributed by atoms with Crippen molar-refractivity contribution in [1.29, 1.82) is 0 Å². The molecule has 0 amide bonds. The van der Waals surface area contributed by atoms with Crippen molar-refractivity contribution >= 4 is 23.4 Å². The van der Waals surface area contributed by atoms with Crippen molar-refractivity contribution in [3.05, 3.63) is 54.7 Å². The van der Waals surface area contributed by atoms with E-state index in [1.54, 1.807) is 7.11 Å². The minimum atomic E-state index is -1.26. The standard InChI is InChI=1S/C24H36N4O2.C4H4O4/c1-3-25-23-9-8-14-26-24(23)28-18-16-27(17-19-28)15-6-4-5-7-20-30-22-12-10-21(29-2)11-13-22;5-3(6)1-2-4(7)8/h8-14,25H,3-7,15-20H2,1-2H3;1-2H,(H,5,6)(H,7,8)/b;2-1+. The largest absolute Gasteiger partial charge is 0.497 e. The zero-order valence-electron chi connectivity index (χ0n) is 22.3. The number of benzene rings is 1. The fourth-order valence-electron chi connectivity index (χ4n) is 3.96. The van der Waals surface area contributed by atoms with E-state index in [-0.39, 0.29) is 0 Å². The van der Waals surface area contributed by atoms with Gasteiger partial charge in [0.1, 0.15) is 11.5 Å². The molecule has 1 aliphatic heterocycles. The Hall–Kier alpha value is -3.79. The molecule has 0 unspecified atom stereocenters. The first-order valence-corrected chi connectivity index (χ1v) is 13.0. The summed E-state index contributed by atoms with van der Waals surface area (Å²) in [5, 5.41) is 19.0. The van der Waals surface area contributed by atoms with Crippen molar-refractivity contribution in [3.8, 4) is 11.5 Å². The topological polar surface area (TPSA) is 124 Å². The molecular formula is C28H40N4O6. The minimum Gasteiger partial charge on any atom is -0.497 e. The average molecular weight is 529 g/mol. The zero-order valence-corrected chi connectivity index (χ0v) is 22.3. The Morgan fingerprint density at radius 3 is 2.18 bits per heavy atom. The number of rotatable bonds is 14. The van der Waals surface area contributed by atoms with Crippen LogP contribution in [0.4, 0.5) is 11.5 Å². The van der Waals surface area contributed by atoms with Gasteiger partial charge in [-0.3, -0.25) is 4.90 Å². The van der Waals surface area contributed by atoms with Gasteiger partial charge in [0.2, 0.25) is 0 Å². The van der Waals surface area contributed by atoms with Crippen LogP contribution in [0.2, 0.25) is 0 Å². The Morgan fingerprint density at radius 1 is 0.947 bits per heavy atom. The highest BCUT2D eigenvalue weighted by atomic mass is 16.5. The van der Waals surface area contributed by atoms with E-state index in [0.29, 0.717) is 12.2 Å². The summed E-state index contributed by atoms with van der Waals surface area (Å²) in [7, 11) is 1.68. The predicted octanol–water partition coefficient (Wildman–Crippen LogP) is 4.00. The molecule has 2 aromatic rings. The van der Waals surface area contributed by atoms with Crippen molar-refractivity contribution < 1.29 is 29.3 Å². The molecule has 1 aromatic heterocycles. The van der Waals surface area contributed by atoms with E-state index in [1.165, 1.54) is 25.8 Å². The van der Waals surface area contributed by atoms with E-state index in [9.17, 15) is 9.59 Å². The molecule has 1 aliphatic rings. The van der Waals surface area contributed by atoms with Crippen molar-refractivity contribution in [1.82, 2.24) is 9.88 Å². The van der Waals surface area contributed by atoms with Gasteiger partial charge >= 0.3 is 11.9 Å². The average Bonchev–Trinajstić information content (AvgIpc) is 2.93. The van der Waals surface area contributed by atoms with Crippen molar-refractivity contribution in [2.24, 2.45) is 0 Å². The maximum atomic E-state index is 9.55. The van der Waals surface area contributed by atoms with Crippen LogP contribution in [0.15, 0.2) is 54.7 Å². The van der Waals surface area contributed by atoms with Gasteiger partial charge in [-0.25, -0.2) is 14.6 Å². The number of aromatic nitrogens is 1. The van der Waals surface area contributed by atoms with Gasteiger partial charge < -0.3 is 29.9 Å². The number of pyridine rings is 1. The Bertz CT molecular complexity index is 975. The summed E-state index contributed by atoms with van der Waals surface area (Å²) in [6, 6.07) is 11.9. The van der Waals surface area contributed by atoms with Gasteiger partial charge in [-0.1, -0.05) is 12.8 Å². The van der Waals surface area contributed by atoms with Gasteiger partial charge in [0, 0.05) is 51.1 Å². The number of piperazine rings is 1. The number of ether oxygens (including phenoxy) is 2. The SMILES string of the molecule is CCNc1cccnc1N1CCN(CCCCCCOc2ccc(OC)cc2)CC1.O=C(O)/C=C/C(=O)O. The van der Waals surface area contributed by atoms with Crippen LogP contribution in [0.5, 0.6) is 11.5 Å². The molecule has 1 fully saturated rings. The maximum absolute atomic E-state index is 9.55. The Morgan fingerprint density at radius 2 is 1.58 bits per heavy atom. The smallest absolute Gasteiger partial charge is 0.328 e. The third-order valence-corrected chi connectivity index (χ3v) is 5.89. The maximum Gasteiger partial charge on any atom is 0.328 e. The van der Waals surface area contributed by atoms with E-state index in [0.717, 1.165) is 68.8 Å². The van der Waals surface area contributed by atoms with Gasteiger partial charge in [-0.15, -0.1) is 0 Å². The Kier molecular flexibility index (Phi) is 14.1. The van der Waals surface area contributed by atoms with Gasteiger partial charge in [0.15, 0.2) is 5.82 Å². The highest BCUT2D eigenvalue weighted by Crippen LogP contribution is 2.23. The van der Waals surface area contributed by atoms with Crippen LogP contribution < -0.4 is 19.7 Å². The van der Waals surface area contributed by atoms with Gasteiger partial charge in [0.05, 0.1) is 19.4 Å². The molecule has 0 spiro atoms. The van der Waals surface area contributed by atoms with Gasteiger partial charge in [-0.2, -0.15) is 0 Å². The number of hydrogen-bond donors (Lipinski definition) is 3. The number of nitrogens with zero attached hydrogens (tertiary/aromatic N) is 3. The molecule has 10 nitrogen and oxygen atoms in total. The van der Waals surface area contributed by atoms with E-state index in [4.69, 9.17) is 19.7 Å². The number of anilines is 2. The molecule has 1 aromatic carbocycles. The summed E-state index contributed by atoms with van der Waals surface area (Å²) in [5.74, 6) is 0.357. The van der Waals surface area contributed by atoms with Crippen LogP contribution in [0.3, 0.4) is 0 Å². The molecule has 2 heterocycles. The lowest BCUT2D eigenvalue weighted by molar-refractivity contribution is -0.134.